The monoisotopic (exact) mass is 400 g/mol. The van der Waals surface area contributed by atoms with Gasteiger partial charge in [0.1, 0.15) is 10.7 Å². The molecule has 1 aromatic rings. The maximum absolute atomic E-state index is 12.5. The lowest BCUT2D eigenvalue weighted by Gasteiger charge is -2.36. The summed E-state index contributed by atoms with van der Waals surface area (Å²) in [6, 6.07) is 6.18. The van der Waals surface area contributed by atoms with Gasteiger partial charge in [-0.3, -0.25) is 4.79 Å². The zero-order valence-electron chi connectivity index (χ0n) is 14.9. The fourth-order valence-electron chi connectivity index (χ4n) is 3.21. The van der Waals surface area contributed by atoms with Gasteiger partial charge in [0.15, 0.2) is 0 Å². The SMILES string of the molecule is CC(C)[C@H](N)C(=O)N1CCCC(C2=NS(=O)(=O)c3ccccc3N2)C1.Cl. The van der Waals surface area contributed by atoms with Crippen LogP contribution in [-0.4, -0.2) is 44.2 Å². The van der Waals surface area contributed by atoms with E-state index < -0.39 is 16.1 Å². The molecular weight excluding hydrogens is 376 g/mol. The van der Waals surface area contributed by atoms with Crippen LogP contribution < -0.4 is 11.1 Å². The number of halogens is 1. The van der Waals surface area contributed by atoms with Crippen LogP contribution in [0.1, 0.15) is 26.7 Å². The number of carbonyl (C=O) groups is 1. The number of rotatable bonds is 3. The second kappa shape index (κ2) is 7.94. The number of benzene rings is 1. The predicted octanol–water partition coefficient (Wildman–Crippen LogP) is 1.84. The molecule has 2 aliphatic rings. The number of piperidine rings is 1. The summed E-state index contributed by atoms with van der Waals surface area (Å²) in [5, 5.41) is 3.14. The van der Waals surface area contributed by atoms with E-state index in [1.54, 1.807) is 23.1 Å². The van der Waals surface area contributed by atoms with E-state index >= 15 is 0 Å². The zero-order chi connectivity index (χ0) is 18.2. The van der Waals surface area contributed by atoms with Crippen molar-refractivity contribution in [2.24, 2.45) is 22.0 Å². The molecule has 0 saturated carbocycles. The molecule has 0 radical (unpaired) electrons. The van der Waals surface area contributed by atoms with Gasteiger partial charge in [-0.2, -0.15) is 8.42 Å². The lowest BCUT2D eigenvalue weighted by molar-refractivity contribution is -0.134. The molecule has 0 spiro atoms. The molecule has 1 saturated heterocycles. The van der Waals surface area contributed by atoms with Gasteiger partial charge in [0.25, 0.3) is 10.0 Å². The van der Waals surface area contributed by atoms with Crippen LogP contribution in [0.3, 0.4) is 0 Å². The molecule has 2 heterocycles. The number of carbonyl (C=O) groups excluding carboxylic acids is 1. The second-order valence-corrected chi connectivity index (χ2v) is 8.54. The number of hydrogen-bond donors (Lipinski definition) is 2. The fourth-order valence-corrected chi connectivity index (χ4v) is 4.41. The number of anilines is 1. The summed E-state index contributed by atoms with van der Waals surface area (Å²) in [7, 11) is -3.71. The Morgan fingerprint density at radius 3 is 2.73 bits per heavy atom. The number of nitrogens with two attached hydrogens (primary N) is 1. The highest BCUT2D eigenvalue weighted by Gasteiger charge is 2.34. The van der Waals surface area contributed by atoms with Gasteiger partial charge in [0.2, 0.25) is 5.91 Å². The van der Waals surface area contributed by atoms with Crippen molar-refractivity contribution in [2.45, 2.75) is 37.6 Å². The average molecular weight is 401 g/mol. The number of nitrogens with zero attached hydrogens (tertiary/aromatic N) is 2. The van der Waals surface area contributed by atoms with Crippen LogP contribution in [0, 0.1) is 11.8 Å². The van der Waals surface area contributed by atoms with Gasteiger partial charge in [-0.25, -0.2) is 0 Å². The van der Waals surface area contributed by atoms with Crippen LogP contribution in [0.2, 0.25) is 0 Å². The lowest BCUT2D eigenvalue weighted by atomic mass is 9.94. The van der Waals surface area contributed by atoms with Crippen LogP contribution in [0.15, 0.2) is 33.6 Å². The molecule has 0 aliphatic carbocycles. The predicted molar refractivity (Wildman–Crippen MR) is 104 cm³/mol. The Balaban J connectivity index is 0.00000243. The quantitative estimate of drug-likeness (QED) is 0.805. The van der Waals surface area contributed by atoms with E-state index in [-0.39, 0.29) is 35.0 Å². The first-order valence-corrected chi connectivity index (χ1v) is 9.99. The summed E-state index contributed by atoms with van der Waals surface area (Å²) in [5.74, 6) is 0.249. The molecule has 2 aliphatic heterocycles. The van der Waals surface area contributed by atoms with Gasteiger partial charge in [0.05, 0.1) is 11.7 Å². The summed E-state index contributed by atoms with van der Waals surface area (Å²) in [5.41, 5.74) is 6.52. The van der Waals surface area contributed by atoms with Crippen molar-refractivity contribution in [3.8, 4) is 0 Å². The van der Waals surface area contributed by atoms with Crippen LogP contribution in [-0.2, 0) is 14.8 Å². The van der Waals surface area contributed by atoms with E-state index in [4.69, 9.17) is 5.73 Å². The molecule has 7 nitrogen and oxygen atoms in total. The van der Waals surface area contributed by atoms with Gasteiger partial charge in [-0.05, 0) is 30.9 Å². The van der Waals surface area contributed by atoms with E-state index in [0.717, 1.165) is 12.8 Å². The number of hydrogen-bond acceptors (Lipinski definition) is 5. The van der Waals surface area contributed by atoms with Crippen LogP contribution in [0.5, 0.6) is 0 Å². The molecule has 1 amide bonds. The van der Waals surface area contributed by atoms with Crippen LogP contribution >= 0.6 is 12.4 Å². The highest BCUT2D eigenvalue weighted by molar-refractivity contribution is 7.90. The number of amidine groups is 1. The van der Waals surface area contributed by atoms with E-state index in [9.17, 15) is 13.2 Å². The van der Waals surface area contributed by atoms with Crippen molar-refractivity contribution >= 4 is 39.9 Å². The number of fused-ring (bicyclic) bond motifs is 1. The summed E-state index contributed by atoms with van der Waals surface area (Å²) in [4.78, 5) is 14.4. The molecule has 3 rings (SSSR count). The number of nitrogens with one attached hydrogen (secondary N) is 1. The van der Waals surface area contributed by atoms with Crippen molar-refractivity contribution in [3.63, 3.8) is 0 Å². The number of amides is 1. The highest BCUT2D eigenvalue weighted by Crippen LogP contribution is 2.30. The molecule has 0 bridgehead atoms. The minimum Gasteiger partial charge on any atom is -0.342 e. The van der Waals surface area contributed by atoms with Crippen molar-refractivity contribution in [1.29, 1.82) is 0 Å². The average Bonchev–Trinajstić information content (AvgIpc) is 2.60. The van der Waals surface area contributed by atoms with Crippen LogP contribution in [0.4, 0.5) is 5.69 Å². The molecule has 26 heavy (non-hydrogen) atoms. The fraction of sp³-hybridized carbons (Fsp3) is 0.529. The highest BCUT2D eigenvalue weighted by atomic mass is 35.5. The third-order valence-electron chi connectivity index (χ3n) is 4.77. The van der Waals surface area contributed by atoms with E-state index in [2.05, 4.69) is 9.71 Å². The Morgan fingerprint density at radius 1 is 1.35 bits per heavy atom. The summed E-state index contributed by atoms with van der Waals surface area (Å²) in [6.07, 6.45) is 1.58. The Bertz CT molecular complexity index is 810. The Labute approximate surface area is 160 Å². The summed E-state index contributed by atoms with van der Waals surface area (Å²) < 4.78 is 28.8. The molecule has 9 heteroatoms. The third-order valence-corrected chi connectivity index (χ3v) is 6.12. The normalized spacial score (nSPS) is 22.5. The Kier molecular flexibility index (Phi) is 6.31. The maximum atomic E-state index is 12.5. The molecule has 1 unspecified atom stereocenters. The third kappa shape index (κ3) is 4.02. The van der Waals surface area contributed by atoms with Crippen molar-refractivity contribution in [3.05, 3.63) is 24.3 Å². The molecule has 1 fully saturated rings. The standard InChI is InChI=1S/C17H24N4O3S.ClH/c1-11(2)15(18)17(22)21-9-5-6-12(10-21)16-19-13-7-3-4-8-14(13)25(23,24)20-16;/h3-4,7-8,11-12,15H,5-6,9-10,18H2,1-2H3,(H,19,20);1H/t12?,15-;/m0./s1. The first kappa shape index (κ1) is 20.7. The van der Waals surface area contributed by atoms with Gasteiger partial charge < -0.3 is 16.0 Å². The largest absolute Gasteiger partial charge is 0.342 e. The van der Waals surface area contributed by atoms with Gasteiger partial charge in [0, 0.05) is 19.0 Å². The maximum Gasteiger partial charge on any atom is 0.286 e. The smallest absolute Gasteiger partial charge is 0.286 e. The molecule has 3 N–H and O–H groups in total. The van der Waals surface area contributed by atoms with E-state index in [0.29, 0.717) is 24.6 Å². The molecule has 1 aromatic carbocycles. The first-order chi connectivity index (χ1) is 11.8. The molecule has 2 atom stereocenters. The molecule has 0 aromatic heterocycles. The first-order valence-electron chi connectivity index (χ1n) is 8.55. The Morgan fingerprint density at radius 2 is 2.04 bits per heavy atom. The molecule has 144 valence electrons. The number of sulfonamides is 1. The van der Waals surface area contributed by atoms with E-state index in [1.165, 1.54) is 6.07 Å². The number of likely N-dealkylation sites (tertiary alicyclic amines) is 1. The summed E-state index contributed by atoms with van der Waals surface area (Å²) in [6.45, 7) is 4.91. The number of para-hydroxylation sites is 1. The minimum absolute atomic E-state index is 0. The summed E-state index contributed by atoms with van der Waals surface area (Å²) >= 11 is 0. The van der Waals surface area contributed by atoms with E-state index in [1.807, 2.05) is 13.8 Å². The van der Waals surface area contributed by atoms with Crippen molar-refractivity contribution < 1.29 is 13.2 Å². The van der Waals surface area contributed by atoms with Gasteiger partial charge >= 0.3 is 0 Å². The second-order valence-electron chi connectivity index (χ2n) is 6.97. The lowest BCUT2D eigenvalue weighted by Crippen LogP contribution is -2.51. The van der Waals surface area contributed by atoms with Crippen LogP contribution in [0.25, 0.3) is 0 Å². The topological polar surface area (TPSA) is 105 Å². The van der Waals surface area contributed by atoms with Crippen molar-refractivity contribution in [2.75, 3.05) is 18.4 Å². The van der Waals surface area contributed by atoms with Gasteiger partial charge in [-0.15, -0.1) is 16.8 Å². The molecular formula is C17H25ClN4O3S. The minimum atomic E-state index is -3.71. The van der Waals surface area contributed by atoms with Crippen molar-refractivity contribution in [1.82, 2.24) is 4.90 Å². The van der Waals surface area contributed by atoms with Gasteiger partial charge in [-0.1, -0.05) is 26.0 Å². The Hall–Kier alpha value is -1.64. The zero-order valence-corrected chi connectivity index (χ0v) is 16.5.